The van der Waals surface area contributed by atoms with Crippen LogP contribution < -0.4 is 10.5 Å². The van der Waals surface area contributed by atoms with Crippen molar-refractivity contribution < 1.29 is 4.74 Å². The minimum atomic E-state index is 0. The summed E-state index contributed by atoms with van der Waals surface area (Å²) in [6.07, 6.45) is 4.73. The SMILES string of the molecule is CCCCC[C@@H](N)c1ccc(Oc2ccccc2)cc1.Cl. The van der Waals surface area contributed by atoms with E-state index in [0.717, 1.165) is 17.9 Å². The fraction of sp³-hybridized carbons (Fsp3) is 0.333. The zero-order valence-corrected chi connectivity index (χ0v) is 13.3. The molecule has 0 bridgehead atoms. The van der Waals surface area contributed by atoms with E-state index >= 15 is 0 Å². The summed E-state index contributed by atoms with van der Waals surface area (Å²) in [5.74, 6) is 1.70. The largest absolute Gasteiger partial charge is 0.457 e. The van der Waals surface area contributed by atoms with Crippen LogP contribution >= 0.6 is 12.4 Å². The first kappa shape index (κ1) is 17.5. The predicted octanol–water partition coefficient (Wildman–Crippen LogP) is 5.48. The molecule has 0 saturated heterocycles. The molecule has 0 aliphatic carbocycles. The molecule has 0 heterocycles. The molecule has 0 aromatic heterocycles. The number of benzene rings is 2. The molecule has 0 aliphatic heterocycles. The first-order valence-electron chi connectivity index (χ1n) is 7.38. The second kappa shape index (κ2) is 9.43. The highest BCUT2D eigenvalue weighted by Gasteiger charge is 2.06. The summed E-state index contributed by atoms with van der Waals surface area (Å²) < 4.78 is 5.77. The highest BCUT2D eigenvalue weighted by atomic mass is 35.5. The Balaban J connectivity index is 0.00000220. The Bertz CT molecular complexity index is 498. The van der Waals surface area contributed by atoms with E-state index in [0.29, 0.717) is 0 Å². The van der Waals surface area contributed by atoms with Gasteiger partial charge in [-0.15, -0.1) is 12.4 Å². The highest BCUT2D eigenvalue weighted by molar-refractivity contribution is 5.85. The standard InChI is InChI=1S/C18H23NO.ClH/c1-2-3-5-10-18(19)15-11-13-17(14-12-15)20-16-8-6-4-7-9-16;/h4,6-9,11-14,18H,2-3,5,10,19H2,1H3;1H/t18-;/m1./s1. The van der Waals surface area contributed by atoms with E-state index in [1.165, 1.54) is 24.8 Å². The lowest BCUT2D eigenvalue weighted by molar-refractivity contribution is 0.482. The Labute approximate surface area is 133 Å². The summed E-state index contributed by atoms with van der Waals surface area (Å²) in [6.45, 7) is 2.21. The Morgan fingerprint density at radius 2 is 1.52 bits per heavy atom. The summed E-state index contributed by atoms with van der Waals surface area (Å²) in [5.41, 5.74) is 7.38. The molecule has 0 saturated carbocycles. The van der Waals surface area contributed by atoms with Crippen LogP contribution in [0.2, 0.25) is 0 Å². The quantitative estimate of drug-likeness (QED) is 0.687. The van der Waals surface area contributed by atoms with Gasteiger partial charge in [-0.25, -0.2) is 0 Å². The van der Waals surface area contributed by atoms with Crippen molar-refractivity contribution in [1.82, 2.24) is 0 Å². The van der Waals surface area contributed by atoms with Gasteiger partial charge in [-0.05, 0) is 36.2 Å². The highest BCUT2D eigenvalue weighted by Crippen LogP contribution is 2.24. The monoisotopic (exact) mass is 305 g/mol. The smallest absolute Gasteiger partial charge is 0.127 e. The van der Waals surface area contributed by atoms with E-state index < -0.39 is 0 Å². The van der Waals surface area contributed by atoms with Crippen molar-refractivity contribution in [2.24, 2.45) is 5.73 Å². The Kier molecular flexibility index (Phi) is 7.88. The number of hydrogen-bond acceptors (Lipinski definition) is 2. The van der Waals surface area contributed by atoms with Crippen LogP contribution in [0.3, 0.4) is 0 Å². The first-order valence-corrected chi connectivity index (χ1v) is 7.38. The minimum absolute atomic E-state index is 0. The molecular weight excluding hydrogens is 282 g/mol. The van der Waals surface area contributed by atoms with Gasteiger partial charge in [0.05, 0.1) is 0 Å². The molecule has 0 spiro atoms. The zero-order chi connectivity index (χ0) is 14.2. The molecule has 2 aromatic rings. The lowest BCUT2D eigenvalue weighted by atomic mass is 10.0. The predicted molar refractivity (Wildman–Crippen MR) is 91.3 cm³/mol. The maximum atomic E-state index is 6.20. The number of halogens is 1. The third kappa shape index (κ3) is 5.78. The molecule has 2 aromatic carbocycles. The summed E-state index contributed by atoms with van der Waals surface area (Å²) in [5, 5.41) is 0. The van der Waals surface area contributed by atoms with Gasteiger partial charge in [-0.1, -0.05) is 56.5 Å². The summed E-state index contributed by atoms with van der Waals surface area (Å²) in [7, 11) is 0. The molecule has 2 rings (SSSR count). The average molecular weight is 306 g/mol. The molecule has 1 atom stereocenters. The Morgan fingerprint density at radius 3 is 2.14 bits per heavy atom. The van der Waals surface area contributed by atoms with E-state index in [1.807, 2.05) is 42.5 Å². The molecule has 0 unspecified atom stereocenters. The van der Waals surface area contributed by atoms with Crippen molar-refractivity contribution in [3.63, 3.8) is 0 Å². The van der Waals surface area contributed by atoms with E-state index in [-0.39, 0.29) is 18.4 Å². The van der Waals surface area contributed by atoms with Gasteiger partial charge in [0, 0.05) is 6.04 Å². The second-order valence-corrected chi connectivity index (χ2v) is 5.09. The fourth-order valence-electron chi connectivity index (χ4n) is 2.19. The second-order valence-electron chi connectivity index (χ2n) is 5.09. The molecule has 0 fully saturated rings. The Hall–Kier alpha value is -1.51. The van der Waals surface area contributed by atoms with Crippen LogP contribution in [0, 0.1) is 0 Å². The van der Waals surface area contributed by atoms with E-state index in [2.05, 4.69) is 19.1 Å². The number of hydrogen-bond donors (Lipinski definition) is 1. The van der Waals surface area contributed by atoms with E-state index in [1.54, 1.807) is 0 Å². The number of para-hydroxylation sites is 1. The van der Waals surface area contributed by atoms with Gasteiger partial charge in [0.2, 0.25) is 0 Å². The van der Waals surface area contributed by atoms with E-state index in [9.17, 15) is 0 Å². The van der Waals surface area contributed by atoms with Crippen LogP contribution in [-0.4, -0.2) is 0 Å². The molecule has 0 aliphatic rings. The summed E-state index contributed by atoms with van der Waals surface area (Å²) >= 11 is 0. The summed E-state index contributed by atoms with van der Waals surface area (Å²) in [4.78, 5) is 0. The van der Waals surface area contributed by atoms with Crippen LogP contribution in [-0.2, 0) is 0 Å². The van der Waals surface area contributed by atoms with Gasteiger partial charge in [0.1, 0.15) is 11.5 Å². The van der Waals surface area contributed by atoms with Crippen LogP contribution in [0.15, 0.2) is 54.6 Å². The maximum absolute atomic E-state index is 6.20. The van der Waals surface area contributed by atoms with Gasteiger partial charge in [0.15, 0.2) is 0 Å². The molecule has 0 amide bonds. The number of rotatable bonds is 7. The van der Waals surface area contributed by atoms with Gasteiger partial charge >= 0.3 is 0 Å². The topological polar surface area (TPSA) is 35.2 Å². The van der Waals surface area contributed by atoms with Crippen molar-refractivity contribution in [1.29, 1.82) is 0 Å². The Morgan fingerprint density at radius 1 is 0.905 bits per heavy atom. The van der Waals surface area contributed by atoms with Crippen LogP contribution in [0.5, 0.6) is 11.5 Å². The number of nitrogens with two attached hydrogens (primary N) is 1. The molecule has 2 nitrogen and oxygen atoms in total. The lowest BCUT2D eigenvalue weighted by Gasteiger charge is -2.12. The van der Waals surface area contributed by atoms with Crippen molar-refractivity contribution in [3.8, 4) is 11.5 Å². The van der Waals surface area contributed by atoms with Crippen molar-refractivity contribution in [3.05, 3.63) is 60.2 Å². The number of unbranched alkanes of at least 4 members (excludes halogenated alkanes) is 2. The molecule has 0 radical (unpaired) electrons. The third-order valence-corrected chi connectivity index (χ3v) is 3.41. The lowest BCUT2D eigenvalue weighted by Crippen LogP contribution is -2.09. The maximum Gasteiger partial charge on any atom is 0.127 e. The van der Waals surface area contributed by atoms with Gasteiger partial charge in [0.25, 0.3) is 0 Å². The van der Waals surface area contributed by atoms with Crippen molar-refractivity contribution in [2.45, 2.75) is 38.6 Å². The molecular formula is C18H24ClNO. The third-order valence-electron chi connectivity index (χ3n) is 3.41. The first-order chi connectivity index (χ1) is 9.79. The van der Waals surface area contributed by atoms with Crippen LogP contribution in [0.25, 0.3) is 0 Å². The fourth-order valence-corrected chi connectivity index (χ4v) is 2.19. The minimum Gasteiger partial charge on any atom is -0.457 e. The van der Waals surface area contributed by atoms with Crippen molar-refractivity contribution >= 4 is 12.4 Å². The average Bonchev–Trinajstić information content (AvgIpc) is 2.49. The molecule has 3 heteroatoms. The molecule has 2 N–H and O–H groups in total. The van der Waals surface area contributed by atoms with Gasteiger partial charge < -0.3 is 10.5 Å². The molecule has 21 heavy (non-hydrogen) atoms. The summed E-state index contributed by atoms with van der Waals surface area (Å²) in [6, 6.07) is 18.0. The van der Waals surface area contributed by atoms with Crippen molar-refractivity contribution in [2.75, 3.05) is 0 Å². The van der Waals surface area contributed by atoms with Gasteiger partial charge in [-0.2, -0.15) is 0 Å². The van der Waals surface area contributed by atoms with Crippen LogP contribution in [0.4, 0.5) is 0 Å². The zero-order valence-electron chi connectivity index (χ0n) is 12.5. The molecule has 114 valence electrons. The number of ether oxygens (including phenoxy) is 1. The van der Waals surface area contributed by atoms with Gasteiger partial charge in [-0.3, -0.25) is 0 Å². The van der Waals surface area contributed by atoms with E-state index in [4.69, 9.17) is 10.5 Å². The van der Waals surface area contributed by atoms with Crippen LogP contribution in [0.1, 0.15) is 44.2 Å². The normalized spacial score (nSPS) is 11.5.